The highest BCUT2D eigenvalue weighted by molar-refractivity contribution is 5.92. The summed E-state index contributed by atoms with van der Waals surface area (Å²) < 4.78 is 5.08. The first-order valence-corrected chi connectivity index (χ1v) is 6.87. The number of anilines is 1. The summed E-state index contributed by atoms with van der Waals surface area (Å²) in [6.45, 7) is 0. The maximum atomic E-state index is 12.3. The monoisotopic (exact) mass is 292 g/mol. The van der Waals surface area contributed by atoms with E-state index in [0.29, 0.717) is 18.6 Å². The number of carbonyl (C=O) groups is 2. The highest BCUT2D eigenvalue weighted by Gasteiger charge is 2.41. The number of nitrogens with zero attached hydrogens (tertiary/aromatic N) is 1. The zero-order chi connectivity index (χ0) is 15.5. The van der Waals surface area contributed by atoms with Gasteiger partial charge in [-0.25, -0.2) is 4.79 Å². The van der Waals surface area contributed by atoms with Crippen LogP contribution in [0.5, 0.6) is 5.75 Å². The van der Waals surface area contributed by atoms with E-state index in [1.807, 2.05) is 0 Å². The van der Waals surface area contributed by atoms with Gasteiger partial charge in [0.15, 0.2) is 0 Å². The van der Waals surface area contributed by atoms with Crippen LogP contribution in [0.2, 0.25) is 0 Å². The lowest BCUT2D eigenvalue weighted by Gasteiger charge is -2.42. The molecule has 1 aliphatic rings. The molecule has 0 aliphatic heterocycles. The highest BCUT2D eigenvalue weighted by Crippen LogP contribution is 2.35. The van der Waals surface area contributed by atoms with Gasteiger partial charge >= 0.3 is 12.0 Å². The fourth-order valence-electron chi connectivity index (χ4n) is 2.47. The second kappa shape index (κ2) is 6.03. The zero-order valence-electron chi connectivity index (χ0n) is 12.3. The average Bonchev–Trinajstić information content (AvgIpc) is 2.43. The first kappa shape index (κ1) is 15.2. The van der Waals surface area contributed by atoms with Crippen molar-refractivity contribution >= 4 is 17.7 Å². The predicted molar refractivity (Wildman–Crippen MR) is 78.8 cm³/mol. The molecule has 2 amide bonds. The molecule has 0 atom stereocenters. The van der Waals surface area contributed by atoms with Crippen molar-refractivity contribution in [3.63, 3.8) is 0 Å². The average molecular weight is 292 g/mol. The third kappa shape index (κ3) is 3.45. The van der Waals surface area contributed by atoms with Crippen LogP contribution in [0.25, 0.3) is 0 Å². The molecule has 2 rings (SSSR count). The van der Waals surface area contributed by atoms with E-state index in [-0.39, 0.29) is 12.5 Å². The Hall–Kier alpha value is -2.24. The first-order chi connectivity index (χ1) is 9.96. The van der Waals surface area contributed by atoms with Crippen molar-refractivity contribution in [1.29, 1.82) is 0 Å². The van der Waals surface area contributed by atoms with Gasteiger partial charge in [-0.05, 0) is 43.5 Å². The molecule has 0 radical (unpaired) electrons. The van der Waals surface area contributed by atoms with Gasteiger partial charge in [0.1, 0.15) is 5.75 Å². The van der Waals surface area contributed by atoms with E-state index in [1.165, 1.54) is 4.90 Å². The number of carboxylic acids is 1. The summed E-state index contributed by atoms with van der Waals surface area (Å²) in [6.07, 6.45) is 2.33. The maximum Gasteiger partial charge on any atom is 0.322 e. The molecule has 0 heterocycles. The largest absolute Gasteiger partial charge is 0.497 e. The predicted octanol–water partition coefficient (Wildman–Crippen LogP) is 2.24. The molecule has 6 nitrogen and oxygen atoms in total. The molecule has 1 aromatic rings. The second-order valence-corrected chi connectivity index (χ2v) is 5.39. The number of carbonyl (C=O) groups excluding carboxylic acids is 1. The number of methoxy groups -OCH3 is 1. The lowest BCUT2D eigenvalue weighted by Crippen LogP contribution is -2.57. The van der Waals surface area contributed by atoms with Crippen LogP contribution in [0.1, 0.15) is 25.7 Å². The highest BCUT2D eigenvalue weighted by atomic mass is 16.5. The number of amides is 2. The Bertz CT molecular complexity index is 523. The smallest absolute Gasteiger partial charge is 0.322 e. The SMILES string of the molecule is COc1ccc(N(C)C(=O)NC2(CC(=O)O)CCC2)cc1. The van der Waals surface area contributed by atoms with Gasteiger partial charge in [-0.15, -0.1) is 0 Å². The van der Waals surface area contributed by atoms with Gasteiger partial charge in [-0.1, -0.05) is 0 Å². The first-order valence-electron chi connectivity index (χ1n) is 6.87. The minimum absolute atomic E-state index is 0.0325. The molecule has 0 spiro atoms. The summed E-state index contributed by atoms with van der Waals surface area (Å²) in [5, 5.41) is 11.8. The van der Waals surface area contributed by atoms with Crippen LogP contribution in [0.3, 0.4) is 0 Å². The number of urea groups is 1. The Labute approximate surface area is 123 Å². The number of rotatable bonds is 5. The summed E-state index contributed by atoms with van der Waals surface area (Å²) in [4.78, 5) is 24.7. The van der Waals surface area contributed by atoms with Crippen LogP contribution >= 0.6 is 0 Å². The van der Waals surface area contributed by atoms with Crippen molar-refractivity contribution in [2.24, 2.45) is 0 Å². The van der Waals surface area contributed by atoms with E-state index >= 15 is 0 Å². The van der Waals surface area contributed by atoms with Crippen molar-refractivity contribution in [2.75, 3.05) is 19.1 Å². The standard InChI is InChI=1S/C15H20N2O4/c1-17(11-4-6-12(21-2)7-5-11)14(20)16-15(8-3-9-15)10-13(18)19/h4-7H,3,8-10H2,1-2H3,(H,16,20)(H,18,19). The van der Waals surface area contributed by atoms with Crippen LogP contribution in [-0.4, -0.2) is 36.8 Å². The third-order valence-electron chi connectivity index (χ3n) is 3.94. The quantitative estimate of drug-likeness (QED) is 0.872. The number of carboxylic acid groups (broad SMARTS) is 1. The van der Waals surface area contributed by atoms with Crippen molar-refractivity contribution in [3.05, 3.63) is 24.3 Å². The molecule has 6 heteroatoms. The normalized spacial score (nSPS) is 15.7. The molecule has 1 aromatic carbocycles. The molecule has 2 N–H and O–H groups in total. The van der Waals surface area contributed by atoms with Gasteiger partial charge in [0.2, 0.25) is 0 Å². The third-order valence-corrected chi connectivity index (χ3v) is 3.94. The van der Waals surface area contributed by atoms with Crippen molar-refractivity contribution in [2.45, 2.75) is 31.2 Å². The number of nitrogens with one attached hydrogen (secondary N) is 1. The zero-order valence-corrected chi connectivity index (χ0v) is 12.3. The number of benzene rings is 1. The van der Waals surface area contributed by atoms with Gasteiger partial charge in [0.25, 0.3) is 0 Å². The molecule has 114 valence electrons. The minimum atomic E-state index is -0.887. The summed E-state index contributed by atoms with van der Waals surface area (Å²) in [5.74, 6) is -0.170. The summed E-state index contributed by atoms with van der Waals surface area (Å²) in [7, 11) is 3.24. The number of hydrogen-bond donors (Lipinski definition) is 2. The molecule has 0 aromatic heterocycles. The van der Waals surface area contributed by atoms with Gasteiger partial charge in [0, 0.05) is 12.7 Å². The van der Waals surface area contributed by atoms with Crippen LogP contribution < -0.4 is 15.0 Å². The van der Waals surface area contributed by atoms with E-state index in [9.17, 15) is 9.59 Å². The molecular weight excluding hydrogens is 272 g/mol. The van der Waals surface area contributed by atoms with E-state index in [4.69, 9.17) is 9.84 Å². The van der Waals surface area contributed by atoms with Crippen molar-refractivity contribution in [1.82, 2.24) is 5.32 Å². The minimum Gasteiger partial charge on any atom is -0.497 e. The van der Waals surface area contributed by atoms with Gasteiger partial charge in [-0.2, -0.15) is 0 Å². The van der Waals surface area contributed by atoms with E-state index in [2.05, 4.69) is 5.32 Å². The van der Waals surface area contributed by atoms with E-state index in [1.54, 1.807) is 38.4 Å². The van der Waals surface area contributed by atoms with Crippen molar-refractivity contribution < 1.29 is 19.4 Å². The van der Waals surface area contributed by atoms with Crippen molar-refractivity contribution in [3.8, 4) is 5.75 Å². The molecule has 1 saturated carbocycles. The lowest BCUT2D eigenvalue weighted by atomic mass is 9.74. The Morgan fingerprint density at radius 3 is 2.38 bits per heavy atom. The summed E-state index contributed by atoms with van der Waals surface area (Å²) in [5.41, 5.74) is 0.127. The van der Waals surface area contributed by atoms with Gasteiger partial charge in [0.05, 0.1) is 19.1 Å². The van der Waals surface area contributed by atoms with Crippen LogP contribution in [0, 0.1) is 0 Å². The summed E-state index contributed by atoms with van der Waals surface area (Å²) in [6, 6.07) is 6.82. The van der Waals surface area contributed by atoms with Crippen LogP contribution in [0.4, 0.5) is 10.5 Å². The second-order valence-electron chi connectivity index (χ2n) is 5.39. The lowest BCUT2D eigenvalue weighted by molar-refractivity contribution is -0.139. The number of ether oxygens (including phenoxy) is 1. The van der Waals surface area contributed by atoms with Crippen LogP contribution in [-0.2, 0) is 4.79 Å². The van der Waals surface area contributed by atoms with E-state index < -0.39 is 11.5 Å². The Balaban J connectivity index is 2.02. The summed E-state index contributed by atoms with van der Waals surface area (Å²) >= 11 is 0. The number of aliphatic carboxylic acids is 1. The molecule has 1 aliphatic carbocycles. The molecule has 0 saturated heterocycles. The Kier molecular flexibility index (Phi) is 4.35. The molecule has 21 heavy (non-hydrogen) atoms. The molecular formula is C15H20N2O4. The Morgan fingerprint density at radius 1 is 1.33 bits per heavy atom. The van der Waals surface area contributed by atoms with E-state index in [0.717, 1.165) is 12.1 Å². The topological polar surface area (TPSA) is 78.9 Å². The van der Waals surface area contributed by atoms with Gasteiger partial charge < -0.3 is 15.2 Å². The fraction of sp³-hybridized carbons (Fsp3) is 0.467. The molecule has 1 fully saturated rings. The molecule has 0 bridgehead atoms. The molecule has 0 unspecified atom stereocenters. The Morgan fingerprint density at radius 2 is 1.95 bits per heavy atom. The fourth-order valence-corrected chi connectivity index (χ4v) is 2.47. The van der Waals surface area contributed by atoms with Crippen LogP contribution in [0.15, 0.2) is 24.3 Å². The maximum absolute atomic E-state index is 12.3. The number of hydrogen-bond acceptors (Lipinski definition) is 3. The van der Waals surface area contributed by atoms with Gasteiger partial charge in [-0.3, -0.25) is 9.69 Å².